The molecule has 0 saturated heterocycles. The first kappa shape index (κ1) is 15.7. The number of nitrogens with zero attached hydrogens (tertiary/aromatic N) is 2. The van der Waals surface area contributed by atoms with Gasteiger partial charge in [0.1, 0.15) is 11.8 Å². The summed E-state index contributed by atoms with van der Waals surface area (Å²) >= 11 is 9.23. The van der Waals surface area contributed by atoms with Crippen LogP contribution in [-0.2, 0) is 4.74 Å². The van der Waals surface area contributed by atoms with Gasteiger partial charge in [0.25, 0.3) is 0 Å². The normalized spacial score (nSPS) is 13.4. The predicted molar refractivity (Wildman–Crippen MR) is 76.9 cm³/mol. The number of nitrogens with two attached hydrogens (primary N) is 2. The van der Waals surface area contributed by atoms with Crippen LogP contribution in [0.1, 0.15) is 13.8 Å². The number of hydrogen-bond acceptors (Lipinski definition) is 5. The van der Waals surface area contributed by atoms with Crippen molar-refractivity contribution in [3.05, 3.63) is 0 Å². The average Bonchev–Trinajstić information content (AvgIpc) is 2.22. The SMILES string of the molecule is CCOC(C)/C(C=NNC(N)=S)=N/NC(N)=S. The quantitative estimate of drug-likeness (QED) is 0.292. The molecule has 0 aromatic carbocycles. The molecule has 6 N–H and O–H groups in total. The molecule has 7 nitrogen and oxygen atoms in total. The van der Waals surface area contributed by atoms with E-state index in [1.807, 2.05) is 13.8 Å². The highest BCUT2D eigenvalue weighted by atomic mass is 32.1. The van der Waals surface area contributed by atoms with Crippen molar-refractivity contribution in [3.63, 3.8) is 0 Å². The fourth-order valence-electron chi connectivity index (χ4n) is 0.842. The van der Waals surface area contributed by atoms with Gasteiger partial charge in [0.05, 0.1) is 6.21 Å². The molecule has 0 spiro atoms. The number of hydrogen-bond donors (Lipinski definition) is 4. The molecule has 0 fully saturated rings. The summed E-state index contributed by atoms with van der Waals surface area (Å²) in [4.78, 5) is 0. The predicted octanol–water partition coefficient (Wildman–Crippen LogP) is -0.580. The van der Waals surface area contributed by atoms with E-state index in [0.717, 1.165) is 0 Å². The van der Waals surface area contributed by atoms with Crippen LogP contribution in [0.25, 0.3) is 0 Å². The molecule has 0 amide bonds. The van der Waals surface area contributed by atoms with E-state index in [2.05, 4.69) is 45.5 Å². The second-order valence-electron chi connectivity index (χ2n) is 2.84. The Balaban J connectivity index is 4.60. The van der Waals surface area contributed by atoms with Crippen LogP contribution in [0.2, 0.25) is 0 Å². The van der Waals surface area contributed by atoms with Crippen LogP contribution in [0.5, 0.6) is 0 Å². The lowest BCUT2D eigenvalue weighted by Gasteiger charge is -2.11. The molecule has 96 valence electrons. The maximum atomic E-state index is 5.36. The Morgan fingerprint density at radius 1 is 1.35 bits per heavy atom. The molecule has 0 aliphatic carbocycles. The maximum Gasteiger partial charge on any atom is 0.184 e. The molecule has 1 atom stereocenters. The summed E-state index contributed by atoms with van der Waals surface area (Å²) in [6, 6.07) is 0. The monoisotopic (exact) mass is 276 g/mol. The maximum absolute atomic E-state index is 5.36. The van der Waals surface area contributed by atoms with Gasteiger partial charge in [-0.05, 0) is 38.3 Å². The average molecular weight is 276 g/mol. The Morgan fingerprint density at radius 3 is 2.41 bits per heavy atom. The second-order valence-corrected chi connectivity index (χ2v) is 3.72. The van der Waals surface area contributed by atoms with E-state index >= 15 is 0 Å². The Labute approximate surface area is 111 Å². The summed E-state index contributed by atoms with van der Waals surface area (Å²) in [6.07, 6.45) is 1.16. The van der Waals surface area contributed by atoms with Crippen molar-refractivity contribution in [2.24, 2.45) is 21.7 Å². The first-order chi connectivity index (χ1) is 7.97. The topological polar surface area (TPSA) is 110 Å². The summed E-state index contributed by atoms with van der Waals surface area (Å²) in [5, 5.41) is 7.84. The van der Waals surface area contributed by atoms with Gasteiger partial charge in [0.15, 0.2) is 10.2 Å². The van der Waals surface area contributed by atoms with Crippen molar-refractivity contribution >= 4 is 46.6 Å². The van der Waals surface area contributed by atoms with Crippen LogP contribution >= 0.6 is 24.4 Å². The fourth-order valence-corrected chi connectivity index (χ4v) is 0.940. The van der Waals surface area contributed by atoms with Crippen molar-refractivity contribution in [2.75, 3.05) is 6.61 Å². The molecule has 0 bridgehead atoms. The molecule has 0 aromatic rings. The largest absolute Gasteiger partial charge is 0.375 e. The van der Waals surface area contributed by atoms with Crippen molar-refractivity contribution in [3.8, 4) is 0 Å². The van der Waals surface area contributed by atoms with Crippen molar-refractivity contribution < 1.29 is 4.74 Å². The molecular formula is C8H16N6OS2. The number of nitrogens with one attached hydrogen (secondary N) is 2. The van der Waals surface area contributed by atoms with Crippen LogP contribution in [0, 0.1) is 0 Å². The number of ether oxygens (including phenoxy) is 1. The highest BCUT2D eigenvalue weighted by molar-refractivity contribution is 7.80. The molecule has 0 radical (unpaired) electrons. The van der Waals surface area contributed by atoms with Gasteiger partial charge >= 0.3 is 0 Å². The minimum atomic E-state index is -0.265. The molecule has 0 aromatic heterocycles. The van der Waals surface area contributed by atoms with E-state index in [1.165, 1.54) is 6.21 Å². The van der Waals surface area contributed by atoms with E-state index in [1.54, 1.807) is 0 Å². The number of rotatable bonds is 6. The minimum Gasteiger partial charge on any atom is -0.375 e. The van der Waals surface area contributed by atoms with Crippen LogP contribution in [0.4, 0.5) is 0 Å². The third-order valence-electron chi connectivity index (χ3n) is 1.50. The summed E-state index contributed by atoms with van der Waals surface area (Å²) in [5.74, 6) is 0. The first-order valence-electron chi connectivity index (χ1n) is 4.80. The van der Waals surface area contributed by atoms with Crippen molar-refractivity contribution in [1.29, 1.82) is 0 Å². The first-order valence-corrected chi connectivity index (χ1v) is 5.62. The minimum absolute atomic E-state index is 0.0573. The second kappa shape index (κ2) is 8.79. The molecule has 1 unspecified atom stereocenters. The van der Waals surface area contributed by atoms with Gasteiger partial charge in [-0.25, -0.2) is 0 Å². The molecule has 0 saturated carbocycles. The Hall–Kier alpha value is -1.32. The van der Waals surface area contributed by atoms with Gasteiger partial charge in [-0.15, -0.1) is 0 Å². The van der Waals surface area contributed by atoms with E-state index in [0.29, 0.717) is 12.3 Å². The number of thiocarbonyl (C=S) groups is 2. The summed E-state index contributed by atoms with van der Waals surface area (Å²) in [5.41, 5.74) is 15.8. The van der Waals surface area contributed by atoms with Crippen molar-refractivity contribution in [2.45, 2.75) is 20.0 Å². The lowest BCUT2D eigenvalue weighted by Crippen LogP contribution is -2.31. The zero-order chi connectivity index (χ0) is 13.3. The van der Waals surface area contributed by atoms with Gasteiger partial charge < -0.3 is 16.2 Å². The highest BCUT2D eigenvalue weighted by Crippen LogP contribution is 1.93. The van der Waals surface area contributed by atoms with E-state index in [9.17, 15) is 0 Å². The van der Waals surface area contributed by atoms with Gasteiger partial charge in [-0.3, -0.25) is 10.9 Å². The molecule has 17 heavy (non-hydrogen) atoms. The zero-order valence-corrected chi connectivity index (χ0v) is 11.3. The van der Waals surface area contributed by atoms with Gasteiger partial charge in [-0.2, -0.15) is 10.2 Å². The van der Waals surface area contributed by atoms with Crippen LogP contribution < -0.4 is 22.3 Å². The van der Waals surface area contributed by atoms with Gasteiger partial charge in [-0.1, -0.05) is 0 Å². The number of hydrazone groups is 2. The van der Waals surface area contributed by atoms with Gasteiger partial charge in [0.2, 0.25) is 0 Å². The van der Waals surface area contributed by atoms with Gasteiger partial charge in [0, 0.05) is 6.61 Å². The summed E-state index contributed by atoms with van der Waals surface area (Å²) in [7, 11) is 0. The third-order valence-corrected chi connectivity index (χ3v) is 1.68. The summed E-state index contributed by atoms with van der Waals surface area (Å²) in [6.45, 7) is 4.24. The lowest BCUT2D eigenvalue weighted by atomic mass is 10.2. The van der Waals surface area contributed by atoms with E-state index in [-0.39, 0.29) is 16.3 Å². The Morgan fingerprint density at radius 2 is 1.94 bits per heavy atom. The Bertz CT molecular complexity index is 330. The fraction of sp³-hybridized carbons (Fsp3) is 0.500. The van der Waals surface area contributed by atoms with Crippen LogP contribution in [-0.4, -0.2) is 34.9 Å². The molecular weight excluding hydrogens is 260 g/mol. The molecule has 9 heteroatoms. The smallest absolute Gasteiger partial charge is 0.184 e. The molecule has 0 rings (SSSR count). The van der Waals surface area contributed by atoms with Crippen LogP contribution in [0.3, 0.4) is 0 Å². The van der Waals surface area contributed by atoms with Crippen molar-refractivity contribution in [1.82, 2.24) is 10.9 Å². The van der Waals surface area contributed by atoms with Crippen LogP contribution in [0.15, 0.2) is 10.2 Å². The third kappa shape index (κ3) is 8.48. The zero-order valence-electron chi connectivity index (χ0n) is 9.64. The standard InChI is InChI=1S/C8H16N6OS2/c1-3-15-5(2)6(12-14-8(10)17)4-11-13-7(9)16/h4-5H,3H2,1-2H3,(H3,9,13,16)(H3,10,14,17)/b11-4?,12-6+. The van der Waals surface area contributed by atoms with E-state index in [4.69, 9.17) is 16.2 Å². The molecule has 0 heterocycles. The highest BCUT2D eigenvalue weighted by Gasteiger charge is 2.08. The Kier molecular flexibility index (Phi) is 8.11. The lowest BCUT2D eigenvalue weighted by molar-refractivity contribution is 0.123. The van der Waals surface area contributed by atoms with E-state index < -0.39 is 0 Å². The molecule has 0 aliphatic heterocycles. The molecule has 0 aliphatic rings. The summed E-state index contributed by atoms with van der Waals surface area (Å²) < 4.78 is 5.36.